The molecule has 2 atom stereocenters. The van der Waals surface area contributed by atoms with Crippen molar-refractivity contribution in [2.75, 3.05) is 0 Å². The fraction of sp³-hybridized carbons (Fsp3) is 0.412. The molecule has 8 heteroatoms. The molecule has 4 rings (SSSR count). The quantitative estimate of drug-likeness (QED) is 0.199. The maximum absolute atomic E-state index is 12.2. The van der Waals surface area contributed by atoms with Gasteiger partial charge in [0.2, 0.25) is 0 Å². The second-order valence-corrected chi connectivity index (χ2v) is 12.9. The van der Waals surface area contributed by atoms with E-state index in [0.29, 0.717) is 0 Å². The van der Waals surface area contributed by atoms with E-state index >= 15 is 0 Å². The molecular formula is C34H42N4O4. The van der Waals surface area contributed by atoms with Crippen molar-refractivity contribution in [1.29, 1.82) is 0 Å². The number of imidazole rings is 2. The van der Waals surface area contributed by atoms with Gasteiger partial charge in [-0.3, -0.25) is 9.59 Å². The third kappa shape index (κ3) is 8.41. The summed E-state index contributed by atoms with van der Waals surface area (Å²) in [6.07, 6.45) is 4.14. The zero-order chi connectivity index (χ0) is 30.7. The van der Waals surface area contributed by atoms with Gasteiger partial charge in [-0.2, -0.15) is 0 Å². The fourth-order valence-corrected chi connectivity index (χ4v) is 4.61. The molecule has 4 aromatic rings. The summed E-state index contributed by atoms with van der Waals surface area (Å²) in [5, 5.41) is 0. The van der Waals surface area contributed by atoms with E-state index in [-0.39, 0.29) is 36.6 Å². The largest absolute Gasteiger partial charge is 0.460 e. The zero-order valence-electron chi connectivity index (χ0n) is 25.9. The fourth-order valence-electron chi connectivity index (χ4n) is 4.61. The average molecular weight is 571 g/mol. The van der Waals surface area contributed by atoms with Crippen LogP contribution in [0.2, 0.25) is 0 Å². The third-order valence-corrected chi connectivity index (χ3v) is 6.64. The highest BCUT2D eigenvalue weighted by Gasteiger charge is 2.22. The van der Waals surface area contributed by atoms with E-state index in [2.05, 4.69) is 68.5 Å². The number of aromatic amines is 2. The molecule has 0 bridgehead atoms. The number of hydrogen-bond acceptors (Lipinski definition) is 6. The predicted molar refractivity (Wildman–Crippen MR) is 165 cm³/mol. The number of rotatable bonds is 9. The van der Waals surface area contributed by atoms with Crippen molar-refractivity contribution < 1.29 is 19.1 Å². The molecule has 0 amide bonds. The molecule has 2 heterocycles. The number of nitrogens with zero attached hydrogens (tertiary/aromatic N) is 2. The Morgan fingerprint density at radius 3 is 1.24 bits per heavy atom. The summed E-state index contributed by atoms with van der Waals surface area (Å²) in [4.78, 5) is 40.2. The summed E-state index contributed by atoms with van der Waals surface area (Å²) < 4.78 is 10.9. The van der Waals surface area contributed by atoms with Crippen LogP contribution in [-0.2, 0) is 19.1 Å². The van der Waals surface area contributed by atoms with Crippen LogP contribution >= 0.6 is 0 Å². The molecule has 2 unspecified atom stereocenters. The summed E-state index contributed by atoms with van der Waals surface area (Å²) in [5.74, 6) is 0.901. The minimum atomic E-state index is -0.501. The van der Waals surface area contributed by atoms with Crippen LogP contribution in [-0.4, -0.2) is 43.1 Å². The minimum absolute atomic E-state index is 0.0782. The Balaban J connectivity index is 1.38. The molecule has 0 spiro atoms. The minimum Gasteiger partial charge on any atom is -0.460 e. The lowest BCUT2D eigenvalue weighted by Crippen LogP contribution is -2.24. The number of hydrogen-bond donors (Lipinski definition) is 2. The second kappa shape index (κ2) is 12.3. The highest BCUT2D eigenvalue weighted by Crippen LogP contribution is 2.29. The van der Waals surface area contributed by atoms with Crippen molar-refractivity contribution in [2.45, 2.75) is 91.3 Å². The molecule has 2 N–H and O–H groups in total. The van der Waals surface area contributed by atoms with Gasteiger partial charge in [0.1, 0.15) is 22.9 Å². The summed E-state index contributed by atoms with van der Waals surface area (Å²) >= 11 is 0. The van der Waals surface area contributed by atoms with Gasteiger partial charge < -0.3 is 19.4 Å². The van der Waals surface area contributed by atoms with Crippen LogP contribution in [0, 0.1) is 0 Å². The monoisotopic (exact) mass is 570 g/mol. The van der Waals surface area contributed by atoms with Crippen LogP contribution < -0.4 is 0 Å². The standard InChI is InChI=1S/C34H42N4O4/c1-21(17-29(39)41-33(3,4)5)31-35-19-27(37-31)25-13-9-23(10-14-25)24-11-15-26(16-12-24)28-20-36-32(38-28)22(2)18-30(40)42-34(6,7)8/h9-16,19-22H,17-18H2,1-8H3,(H,35,37)(H,36,38). The molecule has 0 aliphatic carbocycles. The Morgan fingerprint density at radius 2 is 0.929 bits per heavy atom. The Bertz CT molecular complexity index is 1390. The van der Waals surface area contributed by atoms with Crippen molar-refractivity contribution in [1.82, 2.24) is 19.9 Å². The predicted octanol–water partition coefficient (Wildman–Crippen LogP) is 7.80. The Morgan fingerprint density at radius 1 is 0.619 bits per heavy atom. The number of H-pyrrole nitrogens is 2. The van der Waals surface area contributed by atoms with E-state index in [4.69, 9.17) is 9.47 Å². The molecule has 0 aliphatic heterocycles. The van der Waals surface area contributed by atoms with E-state index in [0.717, 1.165) is 45.3 Å². The first-order valence-corrected chi connectivity index (χ1v) is 14.4. The second-order valence-electron chi connectivity index (χ2n) is 12.9. The highest BCUT2D eigenvalue weighted by molar-refractivity contribution is 5.73. The first-order chi connectivity index (χ1) is 19.7. The summed E-state index contributed by atoms with van der Waals surface area (Å²) in [7, 11) is 0. The molecule has 222 valence electrons. The van der Waals surface area contributed by atoms with Crippen molar-refractivity contribution >= 4 is 11.9 Å². The topological polar surface area (TPSA) is 110 Å². The summed E-state index contributed by atoms with van der Waals surface area (Å²) in [5.41, 5.74) is 5.03. The molecule has 42 heavy (non-hydrogen) atoms. The molecule has 0 radical (unpaired) electrons. The van der Waals surface area contributed by atoms with Crippen LogP contribution in [0.15, 0.2) is 60.9 Å². The van der Waals surface area contributed by atoms with Crippen LogP contribution in [0.1, 0.15) is 91.7 Å². The zero-order valence-corrected chi connectivity index (χ0v) is 25.9. The van der Waals surface area contributed by atoms with Gasteiger partial charge in [-0.05, 0) is 63.8 Å². The van der Waals surface area contributed by atoms with E-state index in [1.807, 2.05) is 55.4 Å². The lowest BCUT2D eigenvalue weighted by atomic mass is 10.0. The van der Waals surface area contributed by atoms with Gasteiger partial charge in [0.25, 0.3) is 0 Å². The highest BCUT2D eigenvalue weighted by atomic mass is 16.6. The average Bonchev–Trinajstić information content (AvgIpc) is 3.57. The molecular weight excluding hydrogens is 528 g/mol. The molecule has 8 nitrogen and oxygen atoms in total. The number of ether oxygens (including phenoxy) is 2. The van der Waals surface area contributed by atoms with Crippen molar-refractivity contribution in [3.63, 3.8) is 0 Å². The first kappa shape index (κ1) is 30.8. The van der Waals surface area contributed by atoms with Crippen molar-refractivity contribution in [2.24, 2.45) is 0 Å². The lowest BCUT2D eigenvalue weighted by molar-refractivity contribution is -0.156. The van der Waals surface area contributed by atoms with Crippen LogP contribution in [0.3, 0.4) is 0 Å². The molecule has 2 aromatic carbocycles. The normalized spacial score (nSPS) is 13.4. The Kier molecular flexibility index (Phi) is 9.04. The van der Waals surface area contributed by atoms with Crippen molar-refractivity contribution in [3.05, 3.63) is 72.6 Å². The van der Waals surface area contributed by atoms with Gasteiger partial charge in [-0.25, -0.2) is 9.97 Å². The van der Waals surface area contributed by atoms with Gasteiger partial charge in [0.05, 0.1) is 36.6 Å². The van der Waals surface area contributed by atoms with E-state index in [1.165, 1.54) is 0 Å². The van der Waals surface area contributed by atoms with Gasteiger partial charge in [-0.15, -0.1) is 0 Å². The van der Waals surface area contributed by atoms with Gasteiger partial charge in [-0.1, -0.05) is 62.4 Å². The van der Waals surface area contributed by atoms with E-state index < -0.39 is 11.2 Å². The smallest absolute Gasteiger partial charge is 0.307 e. The molecule has 0 saturated heterocycles. The molecule has 0 fully saturated rings. The third-order valence-electron chi connectivity index (χ3n) is 6.64. The molecule has 2 aromatic heterocycles. The summed E-state index contributed by atoms with van der Waals surface area (Å²) in [6.45, 7) is 15.1. The van der Waals surface area contributed by atoms with Crippen molar-refractivity contribution in [3.8, 4) is 33.6 Å². The number of nitrogens with one attached hydrogen (secondary N) is 2. The SMILES string of the molecule is CC(CC(=O)OC(C)(C)C)c1ncc(-c2ccc(-c3ccc(-c4cnc(C(C)CC(=O)OC(C)(C)C)[nH]4)cc3)cc2)[nH]1. The van der Waals surface area contributed by atoms with Gasteiger partial charge in [0, 0.05) is 11.8 Å². The Labute approximate surface area is 248 Å². The van der Waals surface area contributed by atoms with Crippen LogP contribution in [0.25, 0.3) is 33.6 Å². The maximum Gasteiger partial charge on any atom is 0.307 e. The number of aromatic nitrogens is 4. The number of carbonyl (C=O) groups excluding carboxylic acids is 2. The summed E-state index contributed by atoms with van der Waals surface area (Å²) in [6, 6.07) is 16.6. The maximum atomic E-state index is 12.2. The number of carbonyl (C=O) groups is 2. The van der Waals surface area contributed by atoms with E-state index in [9.17, 15) is 9.59 Å². The van der Waals surface area contributed by atoms with Crippen LogP contribution in [0.5, 0.6) is 0 Å². The Hall–Kier alpha value is -4.20. The number of esters is 2. The van der Waals surface area contributed by atoms with Gasteiger partial charge in [0.15, 0.2) is 0 Å². The van der Waals surface area contributed by atoms with Gasteiger partial charge >= 0.3 is 11.9 Å². The first-order valence-electron chi connectivity index (χ1n) is 14.4. The van der Waals surface area contributed by atoms with Crippen LogP contribution in [0.4, 0.5) is 0 Å². The molecule has 0 aliphatic rings. The van der Waals surface area contributed by atoms with E-state index in [1.54, 1.807) is 12.4 Å². The number of benzene rings is 2. The molecule has 0 saturated carbocycles. The lowest BCUT2D eigenvalue weighted by Gasteiger charge is -2.20.